The number of hydrogen-bond acceptors (Lipinski definition) is 5. The van der Waals surface area contributed by atoms with Crippen LogP contribution in [0.15, 0.2) is 0 Å². The van der Waals surface area contributed by atoms with Gasteiger partial charge < -0.3 is 14.2 Å². The quantitative estimate of drug-likeness (QED) is 0.776. The van der Waals surface area contributed by atoms with Gasteiger partial charge in [0.2, 0.25) is 5.91 Å². The maximum Gasteiger partial charge on any atom is 0.224 e. The fourth-order valence-corrected chi connectivity index (χ4v) is 2.94. The molecular weight excluding hydrogens is 270 g/mol. The third-order valence-electron chi connectivity index (χ3n) is 4.23. The van der Waals surface area contributed by atoms with Gasteiger partial charge in [-0.05, 0) is 0 Å². The van der Waals surface area contributed by atoms with Crippen LogP contribution in [0.3, 0.4) is 0 Å². The van der Waals surface area contributed by atoms with Crippen LogP contribution in [0, 0.1) is 0 Å². The molecule has 3 rings (SSSR count). The van der Waals surface area contributed by atoms with Crippen molar-refractivity contribution < 1.29 is 9.53 Å². The highest BCUT2D eigenvalue weighted by molar-refractivity contribution is 5.76. The molecule has 0 saturated carbocycles. The zero-order chi connectivity index (χ0) is 14.7. The Bertz CT molecular complexity index is 496. The zero-order valence-corrected chi connectivity index (χ0v) is 12.6. The monoisotopic (exact) mass is 293 g/mol. The van der Waals surface area contributed by atoms with Crippen LogP contribution in [0.5, 0.6) is 0 Å². The minimum absolute atomic E-state index is 0.236. The molecule has 21 heavy (non-hydrogen) atoms. The van der Waals surface area contributed by atoms with Crippen LogP contribution in [0.25, 0.3) is 0 Å². The maximum atomic E-state index is 12.1. The average molecular weight is 293 g/mol. The molecule has 0 N–H and O–H groups in total. The lowest BCUT2D eigenvalue weighted by Gasteiger charge is -2.30. The second kappa shape index (κ2) is 6.53. The number of rotatable bonds is 4. The molecule has 116 valence electrons. The first kappa shape index (κ1) is 14.5. The molecule has 1 saturated heterocycles. The first-order valence-electron chi connectivity index (χ1n) is 7.76. The van der Waals surface area contributed by atoms with E-state index in [1.807, 2.05) is 4.90 Å². The predicted molar refractivity (Wildman–Crippen MR) is 76.7 cm³/mol. The van der Waals surface area contributed by atoms with Gasteiger partial charge in [-0.2, -0.15) is 0 Å². The molecule has 0 radical (unpaired) electrons. The third kappa shape index (κ3) is 3.24. The van der Waals surface area contributed by atoms with Gasteiger partial charge in [-0.25, -0.2) is 0 Å². The standard InChI is InChI=1S/C14H23N5O2/c1-2-12-15-16-13-11-17(5-6-19(12)13)4-3-14(20)18-7-9-21-10-8-18/h2-11H2,1H3. The highest BCUT2D eigenvalue weighted by Crippen LogP contribution is 2.13. The summed E-state index contributed by atoms with van der Waals surface area (Å²) >= 11 is 0. The maximum absolute atomic E-state index is 12.1. The number of aryl methyl sites for hydroxylation is 1. The van der Waals surface area contributed by atoms with Crippen LogP contribution in [0.1, 0.15) is 25.0 Å². The molecule has 2 aliphatic heterocycles. The molecule has 1 fully saturated rings. The van der Waals surface area contributed by atoms with E-state index in [4.69, 9.17) is 4.74 Å². The number of carbonyl (C=O) groups excluding carboxylic acids is 1. The minimum Gasteiger partial charge on any atom is -0.378 e. The summed E-state index contributed by atoms with van der Waals surface area (Å²) in [6.07, 6.45) is 1.50. The normalized spacial score (nSPS) is 19.6. The SMILES string of the molecule is CCc1nnc2n1CCN(CCC(=O)N1CCOCC1)C2. The predicted octanol–water partition coefficient (Wildman–Crippen LogP) is -0.0950. The van der Waals surface area contributed by atoms with Gasteiger partial charge in [0.1, 0.15) is 11.6 Å². The van der Waals surface area contributed by atoms with E-state index in [2.05, 4.69) is 26.6 Å². The smallest absolute Gasteiger partial charge is 0.224 e. The molecule has 1 amide bonds. The Kier molecular flexibility index (Phi) is 4.50. The van der Waals surface area contributed by atoms with E-state index in [1.165, 1.54) is 0 Å². The van der Waals surface area contributed by atoms with Crippen molar-refractivity contribution in [1.82, 2.24) is 24.6 Å². The Labute approximate surface area is 124 Å². The summed E-state index contributed by atoms with van der Waals surface area (Å²) in [5.41, 5.74) is 0. The van der Waals surface area contributed by atoms with Crippen molar-refractivity contribution in [2.75, 3.05) is 39.4 Å². The zero-order valence-electron chi connectivity index (χ0n) is 12.6. The van der Waals surface area contributed by atoms with Crippen LogP contribution in [0.4, 0.5) is 0 Å². The molecule has 7 nitrogen and oxygen atoms in total. The number of carbonyl (C=O) groups is 1. The summed E-state index contributed by atoms with van der Waals surface area (Å²) in [4.78, 5) is 16.3. The fraction of sp³-hybridized carbons (Fsp3) is 0.786. The van der Waals surface area contributed by atoms with Crippen molar-refractivity contribution in [3.8, 4) is 0 Å². The molecule has 7 heteroatoms. The topological polar surface area (TPSA) is 63.5 Å². The summed E-state index contributed by atoms with van der Waals surface area (Å²) in [5.74, 6) is 2.32. The second-order valence-electron chi connectivity index (χ2n) is 5.56. The number of hydrogen-bond donors (Lipinski definition) is 0. The van der Waals surface area contributed by atoms with Gasteiger partial charge in [0.15, 0.2) is 0 Å². The van der Waals surface area contributed by atoms with Crippen molar-refractivity contribution in [2.24, 2.45) is 0 Å². The van der Waals surface area contributed by atoms with Gasteiger partial charge in [-0.3, -0.25) is 9.69 Å². The lowest BCUT2D eigenvalue weighted by Crippen LogP contribution is -2.42. The summed E-state index contributed by atoms with van der Waals surface area (Å²) in [6.45, 7) is 8.38. The van der Waals surface area contributed by atoms with Gasteiger partial charge in [0.05, 0.1) is 19.8 Å². The van der Waals surface area contributed by atoms with Crippen LogP contribution in [0.2, 0.25) is 0 Å². The van der Waals surface area contributed by atoms with Crippen LogP contribution in [-0.2, 0) is 29.0 Å². The van der Waals surface area contributed by atoms with E-state index >= 15 is 0 Å². The van der Waals surface area contributed by atoms with Crippen LogP contribution in [-0.4, -0.2) is 69.9 Å². The van der Waals surface area contributed by atoms with Crippen molar-refractivity contribution in [3.05, 3.63) is 11.6 Å². The molecule has 2 aliphatic rings. The Hall–Kier alpha value is -1.47. The van der Waals surface area contributed by atoms with E-state index in [-0.39, 0.29) is 5.91 Å². The first-order valence-corrected chi connectivity index (χ1v) is 7.76. The molecular formula is C14H23N5O2. The average Bonchev–Trinajstić information content (AvgIpc) is 2.95. The Morgan fingerprint density at radius 3 is 2.76 bits per heavy atom. The number of nitrogens with zero attached hydrogens (tertiary/aromatic N) is 5. The van der Waals surface area contributed by atoms with E-state index in [0.29, 0.717) is 19.6 Å². The van der Waals surface area contributed by atoms with E-state index in [0.717, 1.165) is 57.3 Å². The van der Waals surface area contributed by atoms with Crippen molar-refractivity contribution in [3.63, 3.8) is 0 Å². The summed E-state index contributed by atoms with van der Waals surface area (Å²) in [7, 11) is 0. The van der Waals surface area contributed by atoms with Gasteiger partial charge in [-0.1, -0.05) is 6.92 Å². The summed E-state index contributed by atoms with van der Waals surface area (Å²) < 4.78 is 7.48. The molecule has 0 aromatic carbocycles. The number of aromatic nitrogens is 3. The van der Waals surface area contributed by atoms with Crippen LogP contribution < -0.4 is 0 Å². The molecule has 0 unspecified atom stereocenters. The van der Waals surface area contributed by atoms with Crippen LogP contribution >= 0.6 is 0 Å². The van der Waals surface area contributed by atoms with Crippen molar-refractivity contribution in [2.45, 2.75) is 32.9 Å². The minimum atomic E-state index is 0.236. The lowest BCUT2D eigenvalue weighted by molar-refractivity contribution is -0.135. The van der Waals surface area contributed by atoms with E-state index in [9.17, 15) is 4.79 Å². The fourth-order valence-electron chi connectivity index (χ4n) is 2.94. The van der Waals surface area contributed by atoms with Gasteiger partial charge >= 0.3 is 0 Å². The number of ether oxygens (including phenoxy) is 1. The Balaban J connectivity index is 1.49. The Morgan fingerprint density at radius 1 is 1.19 bits per heavy atom. The van der Waals surface area contributed by atoms with E-state index < -0.39 is 0 Å². The summed E-state index contributed by atoms with van der Waals surface area (Å²) in [5, 5.41) is 8.47. The molecule has 1 aromatic rings. The van der Waals surface area contributed by atoms with Gasteiger partial charge in [-0.15, -0.1) is 10.2 Å². The molecule has 3 heterocycles. The largest absolute Gasteiger partial charge is 0.378 e. The number of fused-ring (bicyclic) bond motifs is 1. The third-order valence-corrected chi connectivity index (χ3v) is 4.23. The molecule has 0 atom stereocenters. The number of amides is 1. The van der Waals surface area contributed by atoms with Gasteiger partial charge in [0, 0.05) is 45.6 Å². The summed E-state index contributed by atoms with van der Waals surface area (Å²) in [6, 6.07) is 0. The van der Waals surface area contributed by atoms with E-state index in [1.54, 1.807) is 0 Å². The first-order chi connectivity index (χ1) is 10.3. The molecule has 0 aliphatic carbocycles. The lowest BCUT2D eigenvalue weighted by atomic mass is 10.2. The Morgan fingerprint density at radius 2 is 2.00 bits per heavy atom. The van der Waals surface area contributed by atoms with Crippen molar-refractivity contribution >= 4 is 5.91 Å². The highest BCUT2D eigenvalue weighted by Gasteiger charge is 2.22. The molecule has 0 spiro atoms. The molecule has 0 bridgehead atoms. The molecule has 1 aromatic heterocycles. The van der Waals surface area contributed by atoms with Crippen molar-refractivity contribution in [1.29, 1.82) is 0 Å². The second-order valence-corrected chi connectivity index (χ2v) is 5.56. The number of morpholine rings is 1. The highest BCUT2D eigenvalue weighted by atomic mass is 16.5. The van der Waals surface area contributed by atoms with Gasteiger partial charge in [0.25, 0.3) is 0 Å².